The zero-order valence-corrected chi connectivity index (χ0v) is 7.08. The molecule has 1 aromatic rings. The molecule has 3 heteroatoms. The zero-order valence-electron chi connectivity index (χ0n) is 7.08. The molecule has 0 bridgehead atoms. The number of hydrogen-bond acceptors (Lipinski definition) is 3. The van der Waals surface area contributed by atoms with Crippen molar-refractivity contribution < 1.29 is 4.74 Å². The summed E-state index contributed by atoms with van der Waals surface area (Å²) in [4.78, 5) is 0. The Kier molecular flexibility index (Phi) is 1.75. The van der Waals surface area contributed by atoms with Crippen LogP contribution in [0.4, 0.5) is 0 Å². The number of ether oxygens (including phenoxy) is 1. The van der Waals surface area contributed by atoms with Crippen molar-refractivity contribution in [1.82, 2.24) is 5.01 Å². The van der Waals surface area contributed by atoms with Gasteiger partial charge in [0, 0.05) is 13.1 Å². The van der Waals surface area contributed by atoms with Crippen molar-refractivity contribution in [2.75, 3.05) is 7.11 Å². The second-order valence-corrected chi connectivity index (χ2v) is 3.04. The lowest BCUT2D eigenvalue weighted by molar-refractivity contribution is 0.295. The summed E-state index contributed by atoms with van der Waals surface area (Å²) in [5, 5.41) is 1.80. The van der Waals surface area contributed by atoms with Crippen molar-refractivity contribution in [2.24, 2.45) is 5.84 Å². The van der Waals surface area contributed by atoms with Gasteiger partial charge in [-0.3, -0.25) is 5.84 Å². The van der Waals surface area contributed by atoms with Crippen molar-refractivity contribution in [1.29, 1.82) is 0 Å². The van der Waals surface area contributed by atoms with Crippen molar-refractivity contribution >= 4 is 0 Å². The standard InChI is InChI=1S/C9H12N2O/c1-12-9-3-2-7-5-11(10)6-8(7)4-9/h2-4H,5-6,10H2,1H3. The van der Waals surface area contributed by atoms with Crippen LogP contribution in [-0.2, 0) is 13.1 Å². The molecule has 2 N–H and O–H groups in total. The molecule has 0 aliphatic carbocycles. The molecule has 1 aliphatic rings. The first-order chi connectivity index (χ1) is 5.79. The third-order valence-electron chi connectivity index (χ3n) is 2.16. The van der Waals surface area contributed by atoms with Crippen molar-refractivity contribution in [3.63, 3.8) is 0 Å². The number of benzene rings is 1. The Hall–Kier alpha value is -1.06. The third-order valence-corrected chi connectivity index (χ3v) is 2.16. The second kappa shape index (κ2) is 2.77. The van der Waals surface area contributed by atoms with E-state index in [-0.39, 0.29) is 0 Å². The average Bonchev–Trinajstić information content (AvgIpc) is 2.43. The van der Waals surface area contributed by atoms with Gasteiger partial charge in [0.2, 0.25) is 0 Å². The van der Waals surface area contributed by atoms with E-state index in [0.717, 1.165) is 18.8 Å². The van der Waals surface area contributed by atoms with Crippen molar-refractivity contribution in [3.8, 4) is 5.75 Å². The predicted molar refractivity (Wildman–Crippen MR) is 46.4 cm³/mol. The molecule has 64 valence electrons. The molecule has 0 spiro atoms. The van der Waals surface area contributed by atoms with Crippen LogP contribution in [0.1, 0.15) is 11.1 Å². The Morgan fingerprint density at radius 1 is 1.33 bits per heavy atom. The summed E-state index contributed by atoms with van der Waals surface area (Å²) in [7, 11) is 1.68. The first-order valence-corrected chi connectivity index (χ1v) is 3.95. The highest BCUT2D eigenvalue weighted by Crippen LogP contribution is 2.24. The van der Waals surface area contributed by atoms with Gasteiger partial charge < -0.3 is 4.74 Å². The van der Waals surface area contributed by atoms with Gasteiger partial charge in [0.1, 0.15) is 5.75 Å². The SMILES string of the molecule is COc1ccc2c(c1)CN(N)C2. The van der Waals surface area contributed by atoms with Crippen LogP contribution in [0.5, 0.6) is 5.75 Å². The molecule has 0 atom stereocenters. The van der Waals surface area contributed by atoms with E-state index in [1.807, 2.05) is 12.1 Å². The molecular formula is C9H12N2O. The van der Waals surface area contributed by atoms with Gasteiger partial charge in [-0.25, -0.2) is 5.01 Å². The normalized spacial score (nSPS) is 16.2. The molecule has 0 unspecified atom stereocenters. The van der Waals surface area contributed by atoms with E-state index in [9.17, 15) is 0 Å². The summed E-state index contributed by atoms with van der Waals surface area (Å²) in [6, 6.07) is 6.08. The molecule has 0 aromatic heterocycles. The van der Waals surface area contributed by atoms with E-state index in [1.54, 1.807) is 12.1 Å². The highest BCUT2D eigenvalue weighted by molar-refractivity contribution is 5.37. The molecule has 12 heavy (non-hydrogen) atoms. The first-order valence-electron chi connectivity index (χ1n) is 3.95. The van der Waals surface area contributed by atoms with Crippen LogP contribution in [0.3, 0.4) is 0 Å². The van der Waals surface area contributed by atoms with Crippen LogP contribution < -0.4 is 10.6 Å². The van der Waals surface area contributed by atoms with E-state index >= 15 is 0 Å². The number of hydrogen-bond donors (Lipinski definition) is 1. The van der Waals surface area contributed by atoms with Crippen LogP contribution in [0.25, 0.3) is 0 Å². The van der Waals surface area contributed by atoms with Crippen LogP contribution in [-0.4, -0.2) is 12.1 Å². The van der Waals surface area contributed by atoms with Crippen LogP contribution >= 0.6 is 0 Å². The Bertz CT molecular complexity index is 299. The molecule has 2 rings (SSSR count). The Balaban J connectivity index is 2.35. The maximum atomic E-state index is 5.67. The van der Waals surface area contributed by atoms with Gasteiger partial charge in [0.25, 0.3) is 0 Å². The topological polar surface area (TPSA) is 38.5 Å². The molecule has 3 nitrogen and oxygen atoms in total. The predicted octanol–water partition coefficient (Wildman–Crippen LogP) is 0.885. The molecule has 1 heterocycles. The van der Waals surface area contributed by atoms with Gasteiger partial charge in [-0.05, 0) is 23.3 Å². The largest absolute Gasteiger partial charge is 0.497 e. The van der Waals surface area contributed by atoms with Crippen molar-refractivity contribution in [2.45, 2.75) is 13.1 Å². The lowest BCUT2D eigenvalue weighted by Gasteiger charge is -2.02. The minimum Gasteiger partial charge on any atom is -0.497 e. The fourth-order valence-corrected chi connectivity index (χ4v) is 1.52. The molecular weight excluding hydrogens is 152 g/mol. The molecule has 0 radical (unpaired) electrons. The minimum atomic E-state index is 0.826. The van der Waals surface area contributed by atoms with Crippen LogP contribution in [0.15, 0.2) is 18.2 Å². The molecule has 0 saturated heterocycles. The molecule has 1 aromatic carbocycles. The van der Waals surface area contributed by atoms with Gasteiger partial charge in [0.15, 0.2) is 0 Å². The Labute approximate surface area is 71.7 Å². The van der Waals surface area contributed by atoms with Gasteiger partial charge in [0.05, 0.1) is 7.11 Å². The van der Waals surface area contributed by atoms with E-state index in [2.05, 4.69) is 6.07 Å². The number of rotatable bonds is 1. The van der Waals surface area contributed by atoms with E-state index in [1.165, 1.54) is 11.1 Å². The molecule has 0 fully saturated rings. The molecule has 0 amide bonds. The van der Waals surface area contributed by atoms with Gasteiger partial charge in [-0.2, -0.15) is 0 Å². The monoisotopic (exact) mass is 164 g/mol. The van der Waals surface area contributed by atoms with E-state index in [0.29, 0.717) is 0 Å². The smallest absolute Gasteiger partial charge is 0.119 e. The van der Waals surface area contributed by atoms with Crippen molar-refractivity contribution in [3.05, 3.63) is 29.3 Å². The summed E-state index contributed by atoms with van der Waals surface area (Å²) in [6.07, 6.45) is 0. The summed E-state index contributed by atoms with van der Waals surface area (Å²) in [5.74, 6) is 6.58. The van der Waals surface area contributed by atoms with Gasteiger partial charge in [-0.1, -0.05) is 6.07 Å². The molecule has 0 saturated carbocycles. The molecule has 1 aliphatic heterocycles. The minimum absolute atomic E-state index is 0.826. The summed E-state index contributed by atoms with van der Waals surface area (Å²) in [5.41, 5.74) is 2.58. The Morgan fingerprint density at radius 2 is 2.08 bits per heavy atom. The number of nitrogens with two attached hydrogens (primary N) is 1. The zero-order chi connectivity index (χ0) is 8.55. The lowest BCUT2D eigenvalue weighted by atomic mass is 10.1. The second-order valence-electron chi connectivity index (χ2n) is 3.04. The van der Waals surface area contributed by atoms with Crippen LogP contribution in [0, 0.1) is 0 Å². The van der Waals surface area contributed by atoms with E-state index in [4.69, 9.17) is 10.6 Å². The van der Waals surface area contributed by atoms with Crippen LogP contribution in [0.2, 0.25) is 0 Å². The summed E-state index contributed by atoms with van der Waals surface area (Å²) in [6.45, 7) is 1.67. The highest BCUT2D eigenvalue weighted by Gasteiger charge is 2.15. The number of nitrogens with zero attached hydrogens (tertiary/aromatic N) is 1. The number of hydrazine groups is 1. The Morgan fingerprint density at radius 3 is 2.83 bits per heavy atom. The maximum absolute atomic E-state index is 5.67. The quantitative estimate of drug-likeness (QED) is 0.626. The third kappa shape index (κ3) is 1.17. The summed E-state index contributed by atoms with van der Waals surface area (Å²) >= 11 is 0. The summed E-state index contributed by atoms with van der Waals surface area (Å²) < 4.78 is 5.12. The van der Waals surface area contributed by atoms with Gasteiger partial charge >= 0.3 is 0 Å². The highest BCUT2D eigenvalue weighted by atomic mass is 16.5. The number of methoxy groups -OCH3 is 1. The van der Waals surface area contributed by atoms with Gasteiger partial charge in [-0.15, -0.1) is 0 Å². The number of fused-ring (bicyclic) bond motifs is 1. The fourth-order valence-electron chi connectivity index (χ4n) is 1.52. The lowest BCUT2D eigenvalue weighted by Crippen LogP contribution is -2.23. The maximum Gasteiger partial charge on any atom is 0.119 e. The average molecular weight is 164 g/mol. The fraction of sp³-hybridized carbons (Fsp3) is 0.333. The first kappa shape index (κ1) is 7.58. The van der Waals surface area contributed by atoms with E-state index < -0.39 is 0 Å².